The second-order valence-corrected chi connectivity index (χ2v) is 11.9. The zero-order valence-corrected chi connectivity index (χ0v) is 23.3. The van der Waals surface area contributed by atoms with E-state index in [-0.39, 0.29) is 23.3 Å². The van der Waals surface area contributed by atoms with Crippen LogP contribution in [0.2, 0.25) is 0 Å². The standard InChI is InChI=1S/C32H44O4/c1-21(2)11-9-8-10-16-35-29(33)15-14-25-18-26-27(19-24-13-12-22(3)23(4)17-24)31(34)36-30(26)28(20-25)32(5,6)7/h12-13,17-18,20-21,27H,8-11,14-16,19H2,1-7H3. The molecule has 1 atom stereocenters. The van der Waals surface area contributed by atoms with Crippen LogP contribution in [0, 0.1) is 19.8 Å². The molecule has 0 N–H and O–H groups in total. The third-order valence-electron chi connectivity index (χ3n) is 7.17. The van der Waals surface area contributed by atoms with Crippen molar-refractivity contribution >= 4 is 11.9 Å². The van der Waals surface area contributed by atoms with Gasteiger partial charge >= 0.3 is 11.9 Å². The number of hydrogen-bond donors (Lipinski definition) is 0. The zero-order valence-electron chi connectivity index (χ0n) is 23.3. The van der Waals surface area contributed by atoms with Crippen LogP contribution in [-0.4, -0.2) is 18.5 Å². The van der Waals surface area contributed by atoms with Gasteiger partial charge in [0.2, 0.25) is 0 Å². The van der Waals surface area contributed by atoms with Crippen molar-refractivity contribution in [1.29, 1.82) is 0 Å². The maximum atomic E-state index is 13.0. The van der Waals surface area contributed by atoms with Crippen LogP contribution in [0.4, 0.5) is 0 Å². The van der Waals surface area contributed by atoms with Gasteiger partial charge in [-0.15, -0.1) is 0 Å². The van der Waals surface area contributed by atoms with Crippen LogP contribution in [0.5, 0.6) is 5.75 Å². The third-order valence-corrected chi connectivity index (χ3v) is 7.17. The highest BCUT2D eigenvalue weighted by molar-refractivity contribution is 5.87. The van der Waals surface area contributed by atoms with Crippen molar-refractivity contribution in [2.45, 2.75) is 105 Å². The molecule has 0 bridgehead atoms. The lowest BCUT2D eigenvalue weighted by atomic mass is 9.81. The van der Waals surface area contributed by atoms with Gasteiger partial charge in [0.25, 0.3) is 0 Å². The summed E-state index contributed by atoms with van der Waals surface area (Å²) in [6.45, 7) is 15.5. The minimum absolute atomic E-state index is 0.157. The Kier molecular flexibility index (Phi) is 9.38. The van der Waals surface area contributed by atoms with E-state index in [4.69, 9.17) is 9.47 Å². The van der Waals surface area contributed by atoms with Crippen LogP contribution in [0.3, 0.4) is 0 Å². The number of fused-ring (bicyclic) bond motifs is 1. The van der Waals surface area contributed by atoms with E-state index in [0.29, 0.717) is 31.6 Å². The predicted molar refractivity (Wildman–Crippen MR) is 146 cm³/mol. The number of esters is 2. The van der Waals surface area contributed by atoms with Crippen LogP contribution >= 0.6 is 0 Å². The normalized spacial score (nSPS) is 15.2. The van der Waals surface area contributed by atoms with Gasteiger partial charge in [-0.3, -0.25) is 9.59 Å². The summed E-state index contributed by atoms with van der Waals surface area (Å²) < 4.78 is 11.3. The summed E-state index contributed by atoms with van der Waals surface area (Å²) in [4.78, 5) is 25.4. The van der Waals surface area contributed by atoms with E-state index >= 15 is 0 Å². The van der Waals surface area contributed by atoms with E-state index in [1.54, 1.807) is 0 Å². The molecule has 3 rings (SSSR count). The number of carbonyl (C=O) groups excluding carboxylic acids is 2. The number of unbranched alkanes of at least 4 members (excludes halogenated alkanes) is 2. The Labute approximate surface area is 217 Å². The Balaban J connectivity index is 1.70. The average molecular weight is 493 g/mol. The van der Waals surface area contributed by atoms with Crippen LogP contribution in [0.1, 0.15) is 106 Å². The largest absolute Gasteiger partial charge is 0.466 e. The van der Waals surface area contributed by atoms with Crippen molar-refractivity contribution in [2.75, 3.05) is 6.61 Å². The first-order chi connectivity index (χ1) is 17.0. The highest BCUT2D eigenvalue weighted by Gasteiger charge is 2.37. The molecule has 0 aliphatic carbocycles. The average Bonchev–Trinajstić information content (AvgIpc) is 3.10. The fourth-order valence-corrected chi connectivity index (χ4v) is 4.78. The molecule has 2 aromatic carbocycles. The molecule has 0 amide bonds. The quantitative estimate of drug-likeness (QED) is 0.185. The van der Waals surface area contributed by atoms with Crippen LogP contribution in [0.25, 0.3) is 0 Å². The smallest absolute Gasteiger partial charge is 0.319 e. The van der Waals surface area contributed by atoms with E-state index in [9.17, 15) is 9.59 Å². The van der Waals surface area contributed by atoms with Crippen molar-refractivity contribution in [3.63, 3.8) is 0 Å². The van der Waals surface area contributed by atoms with Crippen molar-refractivity contribution in [3.05, 3.63) is 63.7 Å². The minimum Gasteiger partial charge on any atom is -0.466 e. The first-order valence-corrected chi connectivity index (χ1v) is 13.6. The molecule has 1 heterocycles. The predicted octanol–water partition coefficient (Wildman–Crippen LogP) is 7.54. The van der Waals surface area contributed by atoms with Crippen molar-refractivity contribution in [1.82, 2.24) is 0 Å². The van der Waals surface area contributed by atoms with Crippen LogP contribution in [-0.2, 0) is 32.6 Å². The monoisotopic (exact) mass is 492 g/mol. The summed E-state index contributed by atoms with van der Waals surface area (Å²) in [6.07, 6.45) is 5.96. The Hall–Kier alpha value is -2.62. The summed E-state index contributed by atoms with van der Waals surface area (Å²) in [6, 6.07) is 10.5. The second-order valence-electron chi connectivity index (χ2n) is 11.9. The summed E-state index contributed by atoms with van der Waals surface area (Å²) in [5.41, 5.74) is 6.42. The first-order valence-electron chi connectivity index (χ1n) is 13.6. The van der Waals surface area contributed by atoms with Gasteiger partial charge in [-0.05, 0) is 66.7 Å². The number of aryl methyl sites for hydroxylation is 3. The van der Waals surface area contributed by atoms with E-state index in [1.165, 1.54) is 24.0 Å². The summed E-state index contributed by atoms with van der Waals surface area (Å²) in [5, 5.41) is 0. The van der Waals surface area contributed by atoms with E-state index in [2.05, 4.69) is 78.8 Å². The van der Waals surface area contributed by atoms with E-state index < -0.39 is 0 Å². The van der Waals surface area contributed by atoms with Gasteiger partial charge in [-0.25, -0.2) is 0 Å². The molecule has 0 saturated carbocycles. The van der Waals surface area contributed by atoms with Crippen molar-refractivity contribution in [2.24, 2.45) is 5.92 Å². The Morgan fingerprint density at radius 1 is 1.00 bits per heavy atom. The molecule has 0 saturated heterocycles. The number of rotatable bonds is 11. The van der Waals surface area contributed by atoms with Gasteiger partial charge in [-0.1, -0.05) is 84.2 Å². The van der Waals surface area contributed by atoms with Crippen molar-refractivity contribution < 1.29 is 19.1 Å². The minimum atomic E-state index is -0.332. The summed E-state index contributed by atoms with van der Waals surface area (Å²) in [5.74, 6) is 0.743. The lowest BCUT2D eigenvalue weighted by molar-refractivity contribution is -0.143. The Bertz CT molecular complexity index is 1070. The Morgan fingerprint density at radius 3 is 2.42 bits per heavy atom. The molecule has 0 aromatic heterocycles. The molecule has 0 fully saturated rings. The molecule has 36 heavy (non-hydrogen) atoms. The van der Waals surface area contributed by atoms with Gasteiger partial charge in [0.1, 0.15) is 5.75 Å². The molecule has 1 aliphatic rings. The third kappa shape index (κ3) is 7.44. The molecule has 4 nitrogen and oxygen atoms in total. The van der Waals surface area contributed by atoms with Gasteiger partial charge in [0.05, 0.1) is 12.5 Å². The summed E-state index contributed by atoms with van der Waals surface area (Å²) >= 11 is 0. The lowest BCUT2D eigenvalue weighted by Crippen LogP contribution is -2.14. The molecule has 0 radical (unpaired) electrons. The Morgan fingerprint density at radius 2 is 1.75 bits per heavy atom. The van der Waals surface area contributed by atoms with E-state index in [1.807, 2.05) is 0 Å². The SMILES string of the molecule is Cc1ccc(CC2C(=O)Oc3c2cc(CCC(=O)OCCCCCC(C)C)cc3C(C)(C)C)cc1C. The number of ether oxygens (including phenoxy) is 2. The first kappa shape index (κ1) is 28.0. The number of hydrogen-bond acceptors (Lipinski definition) is 4. The maximum Gasteiger partial charge on any atom is 0.319 e. The van der Waals surface area contributed by atoms with Crippen LogP contribution in [0.15, 0.2) is 30.3 Å². The molecule has 0 spiro atoms. The highest BCUT2D eigenvalue weighted by atomic mass is 16.5. The molecular weight excluding hydrogens is 448 g/mol. The molecule has 1 aliphatic heterocycles. The molecule has 2 aromatic rings. The number of carbonyl (C=O) groups is 2. The van der Waals surface area contributed by atoms with Gasteiger partial charge < -0.3 is 9.47 Å². The summed E-state index contributed by atoms with van der Waals surface area (Å²) in [7, 11) is 0. The van der Waals surface area contributed by atoms with Crippen LogP contribution < -0.4 is 4.74 Å². The van der Waals surface area contributed by atoms with Gasteiger partial charge in [0, 0.05) is 17.5 Å². The fourth-order valence-electron chi connectivity index (χ4n) is 4.78. The highest BCUT2D eigenvalue weighted by Crippen LogP contribution is 2.44. The van der Waals surface area contributed by atoms with Gasteiger partial charge in [0.15, 0.2) is 0 Å². The number of benzene rings is 2. The fraction of sp³-hybridized carbons (Fsp3) is 0.562. The molecule has 196 valence electrons. The van der Waals surface area contributed by atoms with E-state index in [0.717, 1.165) is 41.0 Å². The maximum absolute atomic E-state index is 13.0. The zero-order chi connectivity index (χ0) is 26.5. The van der Waals surface area contributed by atoms with Crippen molar-refractivity contribution in [3.8, 4) is 5.75 Å². The molecule has 1 unspecified atom stereocenters. The lowest BCUT2D eigenvalue weighted by Gasteiger charge is -2.23. The van der Waals surface area contributed by atoms with Gasteiger partial charge in [-0.2, -0.15) is 0 Å². The second kappa shape index (κ2) is 12.1. The topological polar surface area (TPSA) is 52.6 Å². The molecular formula is C32H44O4. The molecule has 4 heteroatoms.